The Kier molecular flexibility index (Phi) is 4.18. The Labute approximate surface area is 122 Å². The third kappa shape index (κ3) is 3.20. The fourth-order valence-corrected chi connectivity index (χ4v) is 2.54. The molecule has 1 fully saturated rings. The Balaban J connectivity index is 2.27. The van der Waals surface area contributed by atoms with Crippen molar-refractivity contribution in [2.45, 2.75) is 45.6 Å². The third-order valence-corrected chi connectivity index (χ3v) is 3.98. The normalized spacial score (nSPS) is 21.2. The van der Waals surface area contributed by atoms with Crippen molar-refractivity contribution in [3.05, 3.63) is 11.9 Å². The SMILES string of the molecule is CCC1CN(c2cc(N)nc(C(C)(C)C)n2)CCN1C. The predicted octanol–water partition coefficient (Wildman–Crippen LogP) is 1.89. The minimum absolute atomic E-state index is 0.0825. The number of nitrogens with two attached hydrogens (primary N) is 1. The fourth-order valence-electron chi connectivity index (χ4n) is 2.54. The van der Waals surface area contributed by atoms with Gasteiger partial charge in [-0.25, -0.2) is 9.97 Å². The predicted molar refractivity (Wildman–Crippen MR) is 84.1 cm³/mol. The highest BCUT2D eigenvalue weighted by Crippen LogP contribution is 2.24. The van der Waals surface area contributed by atoms with E-state index in [1.54, 1.807) is 0 Å². The first-order chi connectivity index (χ1) is 9.31. The molecule has 0 bridgehead atoms. The van der Waals surface area contributed by atoms with E-state index in [2.05, 4.69) is 49.5 Å². The van der Waals surface area contributed by atoms with Crippen molar-refractivity contribution in [3.8, 4) is 0 Å². The smallest absolute Gasteiger partial charge is 0.138 e. The van der Waals surface area contributed by atoms with E-state index >= 15 is 0 Å². The fraction of sp³-hybridized carbons (Fsp3) is 0.733. The molecule has 0 amide bonds. The molecule has 1 atom stereocenters. The lowest BCUT2D eigenvalue weighted by atomic mass is 9.96. The van der Waals surface area contributed by atoms with Crippen LogP contribution in [0.25, 0.3) is 0 Å². The lowest BCUT2D eigenvalue weighted by molar-refractivity contribution is 0.213. The Hall–Kier alpha value is -1.36. The molecule has 0 radical (unpaired) electrons. The van der Waals surface area contributed by atoms with Gasteiger partial charge in [-0.1, -0.05) is 27.7 Å². The summed E-state index contributed by atoms with van der Waals surface area (Å²) in [5.74, 6) is 2.35. The van der Waals surface area contributed by atoms with Crippen molar-refractivity contribution < 1.29 is 0 Å². The quantitative estimate of drug-likeness (QED) is 0.894. The lowest BCUT2D eigenvalue weighted by Gasteiger charge is -2.40. The second-order valence-corrected chi connectivity index (χ2v) is 6.71. The van der Waals surface area contributed by atoms with Gasteiger partial charge in [0.15, 0.2) is 0 Å². The second-order valence-electron chi connectivity index (χ2n) is 6.71. The van der Waals surface area contributed by atoms with Crippen molar-refractivity contribution >= 4 is 11.6 Å². The van der Waals surface area contributed by atoms with Gasteiger partial charge in [0.25, 0.3) is 0 Å². The van der Waals surface area contributed by atoms with Crippen molar-refractivity contribution in [1.82, 2.24) is 14.9 Å². The maximum Gasteiger partial charge on any atom is 0.138 e. The highest BCUT2D eigenvalue weighted by atomic mass is 15.3. The number of likely N-dealkylation sites (N-methyl/N-ethyl adjacent to an activating group) is 1. The summed E-state index contributed by atoms with van der Waals surface area (Å²) in [4.78, 5) is 13.9. The molecule has 0 saturated carbocycles. The summed E-state index contributed by atoms with van der Waals surface area (Å²) in [5.41, 5.74) is 5.89. The number of nitrogen functional groups attached to an aromatic ring is 1. The standard InChI is InChI=1S/C15H27N5/c1-6-11-10-20(8-7-19(11)5)13-9-12(16)17-14(18-13)15(2,3)4/h9,11H,6-8,10H2,1-5H3,(H2,16,17,18). The molecular weight excluding hydrogens is 250 g/mol. The van der Waals surface area contributed by atoms with Gasteiger partial charge in [0, 0.05) is 37.2 Å². The average Bonchev–Trinajstić information content (AvgIpc) is 2.37. The van der Waals surface area contributed by atoms with Crippen LogP contribution in [0.5, 0.6) is 0 Å². The molecule has 1 saturated heterocycles. The summed E-state index contributed by atoms with van der Waals surface area (Å²) >= 11 is 0. The van der Waals surface area contributed by atoms with Crippen LogP contribution in [-0.4, -0.2) is 47.6 Å². The monoisotopic (exact) mass is 277 g/mol. The van der Waals surface area contributed by atoms with Gasteiger partial charge in [-0.05, 0) is 13.5 Å². The summed E-state index contributed by atoms with van der Waals surface area (Å²) in [6.45, 7) is 11.6. The summed E-state index contributed by atoms with van der Waals surface area (Å²) in [5, 5.41) is 0. The topological polar surface area (TPSA) is 58.3 Å². The van der Waals surface area contributed by atoms with Crippen molar-refractivity contribution in [2.24, 2.45) is 0 Å². The Morgan fingerprint density at radius 3 is 2.60 bits per heavy atom. The highest BCUT2D eigenvalue weighted by Gasteiger charge is 2.26. The summed E-state index contributed by atoms with van der Waals surface area (Å²) < 4.78 is 0. The Morgan fingerprint density at radius 2 is 2.00 bits per heavy atom. The number of anilines is 2. The minimum atomic E-state index is -0.0825. The number of hydrogen-bond acceptors (Lipinski definition) is 5. The van der Waals surface area contributed by atoms with Crippen LogP contribution in [0, 0.1) is 0 Å². The molecule has 1 unspecified atom stereocenters. The van der Waals surface area contributed by atoms with Gasteiger partial charge >= 0.3 is 0 Å². The van der Waals surface area contributed by atoms with Crippen LogP contribution >= 0.6 is 0 Å². The molecule has 0 aromatic carbocycles. The minimum Gasteiger partial charge on any atom is -0.384 e. The van der Waals surface area contributed by atoms with Crippen LogP contribution in [0.2, 0.25) is 0 Å². The van der Waals surface area contributed by atoms with E-state index in [9.17, 15) is 0 Å². The summed E-state index contributed by atoms with van der Waals surface area (Å²) in [6, 6.07) is 2.48. The molecule has 1 aromatic rings. The van der Waals surface area contributed by atoms with Crippen LogP contribution in [0.15, 0.2) is 6.07 Å². The zero-order chi connectivity index (χ0) is 14.9. The Morgan fingerprint density at radius 1 is 1.30 bits per heavy atom. The highest BCUT2D eigenvalue weighted by molar-refractivity contribution is 5.48. The van der Waals surface area contributed by atoms with Crippen LogP contribution in [0.1, 0.15) is 39.9 Å². The number of hydrogen-bond donors (Lipinski definition) is 1. The second kappa shape index (κ2) is 5.56. The van der Waals surface area contributed by atoms with E-state index in [-0.39, 0.29) is 5.41 Å². The van der Waals surface area contributed by atoms with Crippen LogP contribution in [-0.2, 0) is 5.41 Å². The first-order valence-corrected chi connectivity index (χ1v) is 7.41. The first-order valence-electron chi connectivity index (χ1n) is 7.41. The molecule has 2 heterocycles. The molecule has 5 nitrogen and oxygen atoms in total. The molecule has 2 N–H and O–H groups in total. The molecule has 1 aliphatic rings. The van der Waals surface area contributed by atoms with Gasteiger partial charge in [0.1, 0.15) is 17.5 Å². The van der Waals surface area contributed by atoms with Gasteiger partial charge in [-0.15, -0.1) is 0 Å². The van der Waals surface area contributed by atoms with Gasteiger partial charge in [0.05, 0.1) is 0 Å². The molecular formula is C15H27N5. The zero-order valence-electron chi connectivity index (χ0n) is 13.3. The van der Waals surface area contributed by atoms with E-state index in [4.69, 9.17) is 10.7 Å². The maximum absolute atomic E-state index is 5.97. The Bertz CT molecular complexity index is 466. The largest absolute Gasteiger partial charge is 0.384 e. The number of rotatable bonds is 2. The van der Waals surface area contributed by atoms with E-state index in [1.165, 1.54) is 0 Å². The molecule has 1 aliphatic heterocycles. The van der Waals surface area contributed by atoms with Gasteiger partial charge in [0.2, 0.25) is 0 Å². The maximum atomic E-state index is 5.97. The van der Waals surface area contributed by atoms with Crippen LogP contribution < -0.4 is 10.6 Å². The van der Waals surface area contributed by atoms with Gasteiger partial charge < -0.3 is 10.6 Å². The van der Waals surface area contributed by atoms with E-state index < -0.39 is 0 Å². The van der Waals surface area contributed by atoms with Crippen molar-refractivity contribution in [2.75, 3.05) is 37.3 Å². The number of nitrogens with zero attached hydrogens (tertiary/aromatic N) is 4. The van der Waals surface area contributed by atoms with Crippen LogP contribution in [0.4, 0.5) is 11.6 Å². The summed E-state index contributed by atoms with van der Waals surface area (Å²) in [7, 11) is 2.19. The van der Waals surface area contributed by atoms with E-state index in [0.29, 0.717) is 11.9 Å². The molecule has 20 heavy (non-hydrogen) atoms. The third-order valence-electron chi connectivity index (χ3n) is 3.98. The zero-order valence-corrected chi connectivity index (χ0v) is 13.3. The molecule has 1 aromatic heterocycles. The van der Waals surface area contributed by atoms with Crippen molar-refractivity contribution in [1.29, 1.82) is 0 Å². The molecule has 112 valence electrons. The molecule has 2 rings (SSSR count). The van der Waals surface area contributed by atoms with Crippen molar-refractivity contribution in [3.63, 3.8) is 0 Å². The first kappa shape index (κ1) is 15.0. The van der Waals surface area contributed by atoms with Gasteiger partial charge in [-0.2, -0.15) is 0 Å². The van der Waals surface area contributed by atoms with Crippen LogP contribution in [0.3, 0.4) is 0 Å². The van der Waals surface area contributed by atoms with Gasteiger partial charge in [-0.3, -0.25) is 4.90 Å². The molecule has 0 spiro atoms. The molecule has 5 heteroatoms. The average molecular weight is 277 g/mol. The lowest BCUT2D eigenvalue weighted by Crippen LogP contribution is -2.51. The summed E-state index contributed by atoms with van der Waals surface area (Å²) in [6.07, 6.45) is 1.15. The van der Waals surface area contributed by atoms with E-state index in [0.717, 1.165) is 37.7 Å². The molecule has 0 aliphatic carbocycles. The number of piperazine rings is 1. The van der Waals surface area contributed by atoms with E-state index in [1.807, 2.05) is 6.07 Å². The number of aromatic nitrogens is 2.